The zero-order chi connectivity index (χ0) is 20.6. The molecule has 0 N–H and O–H groups in total. The quantitative estimate of drug-likeness (QED) is 0.186. The Balaban J connectivity index is 1.61. The van der Waals surface area contributed by atoms with E-state index >= 15 is 0 Å². The second kappa shape index (κ2) is 10.5. The molecule has 3 aromatic carbocycles. The largest absolute Gasteiger partial charge is 0.487 e. The van der Waals surface area contributed by atoms with Crippen molar-refractivity contribution in [3.8, 4) is 11.8 Å². The number of hydrogen-bond donors (Lipinski definition) is 0. The van der Waals surface area contributed by atoms with Crippen LogP contribution < -0.4 is 4.74 Å². The van der Waals surface area contributed by atoms with E-state index in [1.54, 1.807) is 24.4 Å². The first-order valence-corrected chi connectivity index (χ1v) is 10.7. The van der Waals surface area contributed by atoms with Crippen LogP contribution in [0.4, 0.5) is 4.39 Å². The molecule has 0 fully saturated rings. The fraction of sp³-hybridized carbons (Fsp3) is 0.0909. The molecule has 0 amide bonds. The monoisotopic (exact) mass is 612 g/mol. The predicted molar refractivity (Wildman–Crippen MR) is 126 cm³/mol. The SMILES string of the molecule is N#Cc1ccccc1CO/N=C\c1cc(I)c(OCc2ccc(F)cc2)c(I)c1. The molecule has 0 spiro atoms. The molecular formula is C22H15FI2N2O2. The minimum absolute atomic E-state index is 0.229. The minimum atomic E-state index is -0.264. The van der Waals surface area contributed by atoms with Crippen molar-refractivity contribution in [1.29, 1.82) is 5.26 Å². The molecule has 4 nitrogen and oxygen atoms in total. The fourth-order valence-electron chi connectivity index (χ4n) is 2.49. The van der Waals surface area contributed by atoms with Crippen LogP contribution in [-0.4, -0.2) is 6.21 Å². The van der Waals surface area contributed by atoms with E-state index in [1.165, 1.54) is 12.1 Å². The van der Waals surface area contributed by atoms with Crippen molar-refractivity contribution in [2.45, 2.75) is 13.2 Å². The van der Waals surface area contributed by atoms with Crippen molar-refractivity contribution in [3.05, 3.63) is 95.9 Å². The van der Waals surface area contributed by atoms with E-state index in [2.05, 4.69) is 56.4 Å². The van der Waals surface area contributed by atoms with Crippen LogP contribution in [0, 0.1) is 24.3 Å². The van der Waals surface area contributed by atoms with Gasteiger partial charge in [0.15, 0.2) is 0 Å². The Bertz CT molecular complexity index is 1040. The highest BCUT2D eigenvalue weighted by molar-refractivity contribution is 14.1. The molecule has 0 atom stereocenters. The van der Waals surface area contributed by atoms with Crippen LogP contribution in [0.3, 0.4) is 0 Å². The number of nitrogens with zero attached hydrogens (tertiary/aromatic N) is 2. The Hall–Kier alpha value is -2.19. The highest BCUT2D eigenvalue weighted by Crippen LogP contribution is 2.29. The minimum Gasteiger partial charge on any atom is -0.487 e. The molecule has 3 aromatic rings. The normalized spacial score (nSPS) is 10.7. The van der Waals surface area contributed by atoms with Crippen LogP contribution in [0.1, 0.15) is 22.3 Å². The van der Waals surface area contributed by atoms with Crippen molar-refractivity contribution in [2.24, 2.45) is 5.16 Å². The Morgan fingerprint density at radius 2 is 1.69 bits per heavy atom. The van der Waals surface area contributed by atoms with Crippen LogP contribution in [0.25, 0.3) is 0 Å². The fourth-order valence-corrected chi connectivity index (χ4v) is 4.62. The zero-order valence-electron chi connectivity index (χ0n) is 15.1. The van der Waals surface area contributed by atoms with Crippen LogP contribution in [0.2, 0.25) is 0 Å². The molecule has 0 aromatic heterocycles. The molecule has 0 bridgehead atoms. The third-order valence-electron chi connectivity index (χ3n) is 3.95. The summed E-state index contributed by atoms with van der Waals surface area (Å²) < 4.78 is 20.8. The van der Waals surface area contributed by atoms with Gasteiger partial charge in [-0.2, -0.15) is 5.26 Å². The topological polar surface area (TPSA) is 54.6 Å². The van der Waals surface area contributed by atoms with Gasteiger partial charge in [0.1, 0.15) is 24.8 Å². The van der Waals surface area contributed by atoms with E-state index in [9.17, 15) is 4.39 Å². The van der Waals surface area contributed by atoms with Gasteiger partial charge in [0.25, 0.3) is 0 Å². The first-order valence-electron chi connectivity index (χ1n) is 8.56. The summed E-state index contributed by atoms with van der Waals surface area (Å²) in [5.41, 5.74) is 3.14. The zero-order valence-corrected chi connectivity index (χ0v) is 19.4. The van der Waals surface area contributed by atoms with Gasteiger partial charge in [0, 0.05) is 5.56 Å². The summed E-state index contributed by atoms with van der Waals surface area (Å²) >= 11 is 4.42. The van der Waals surface area contributed by atoms with E-state index < -0.39 is 0 Å². The molecule has 0 heterocycles. The van der Waals surface area contributed by atoms with Crippen LogP contribution in [0.5, 0.6) is 5.75 Å². The lowest BCUT2D eigenvalue weighted by Crippen LogP contribution is -2.00. The van der Waals surface area contributed by atoms with E-state index in [4.69, 9.17) is 14.8 Å². The summed E-state index contributed by atoms with van der Waals surface area (Å²) in [7, 11) is 0. The molecule has 0 aliphatic carbocycles. The van der Waals surface area contributed by atoms with Gasteiger partial charge in [-0.3, -0.25) is 0 Å². The van der Waals surface area contributed by atoms with E-state index in [1.807, 2.05) is 30.3 Å². The Kier molecular flexibility index (Phi) is 7.83. The Morgan fingerprint density at radius 3 is 2.38 bits per heavy atom. The lowest BCUT2D eigenvalue weighted by molar-refractivity contribution is 0.132. The molecule has 0 aliphatic rings. The third-order valence-corrected chi connectivity index (χ3v) is 5.55. The highest BCUT2D eigenvalue weighted by Gasteiger charge is 2.09. The van der Waals surface area contributed by atoms with Crippen molar-refractivity contribution >= 4 is 51.4 Å². The average molecular weight is 612 g/mol. The van der Waals surface area contributed by atoms with Gasteiger partial charge in [-0.1, -0.05) is 35.5 Å². The third kappa shape index (κ3) is 6.14. The first-order chi connectivity index (χ1) is 14.1. The van der Waals surface area contributed by atoms with Gasteiger partial charge in [-0.25, -0.2) is 4.39 Å². The van der Waals surface area contributed by atoms with Gasteiger partial charge < -0.3 is 9.57 Å². The summed E-state index contributed by atoms with van der Waals surface area (Å²) in [6.07, 6.45) is 1.63. The van der Waals surface area contributed by atoms with Crippen molar-refractivity contribution in [1.82, 2.24) is 0 Å². The maximum Gasteiger partial charge on any atom is 0.146 e. The number of hydrogen-bond acceptors (Lipinski definition) is 4. The molecule has 3 rings (SSSR count). The summed E-state index contributed by atoms with van der Waals surface area (Å²) in [6.45, 7) is 0.592. The molecule has 0 saturated carbocycles. The van der Waals surface area contributed by atoms with E-state index in [0.29, 0.717) is 12.2 Å². The lowest BCUT2D eigenvalue weighted by atomic mass is 10.1. The smallest absolute Gasteiger partial charge is 0.146 e. The first kappa shape index (κ1) is 21.5. The second-order valence-corrected chi connectivity index (χ2v) is 8.33. The summed E-state index contributed by atoms with van der Waals surface area (Å²) in [5.74, 6) is 0.511. The molecule has 0 radical (unpaired) electrons. The number of benzene rings is 3. The second-order valence-electron chi connectivity index (χ2n) is 6.01. The van der Waals surface area contributed by atoms with Gasteiger partial charge in [0.05, 0.1) is 25.0 Å². The van der Waals surface area contributed by atoms with Gasteiger partial charge in [0.2, 0.25) is 0 Å². The van der Waals surface area contributed by atoms with Gasteiger partial charge in [-0.05, 0) is 86.6 Å². The van der Waals surface area contributed by atoms with Crippen molar-refractivity contribution < 1.29 is 14.0 Å². The number of ether oxygens (including phenoxy) is 1. The maximum atomic E-state index is 13.0. The maximum absolute atomic E-state index is 13.0. The Morgan fingerprint density at radius 1 is 1.00 bits per heavy atom. The molecule has 0 aliphatic heterocycles. The Labute approximate surface area is 195 Å². The molecule has 0 saturated heterocycles. The van der Waals surface area contributed by atoms with Crippen molar-refractivity contribution in [3.63, 3.8) is 0 Å². The summed E-state index contributed by atoms with van der Waals surface area (Å²) in [4.78, 5) is 5.34. The van der Waals surface area contributed by atoms with E-state index in [0.717, 1.165) is 29.6 Å². The van der Waals surface area contributed by atoms with Gasteiger partial charge >= 0.3 is 0 Å². The molecule has 7 heteroatoms. The van der Waals surface area contributed by atoms with Gasteiger partial charge in [-0.15, -0.1) is 0 Å². The van der Waals surface area contributed by atoms with Crippen LogP contribution in [0.15, 0.2) is 65.8 Å². The molecular weight excluding hydrogens is 597 g/mol. The summed E-state index contributed by atoms with van der Waals surface area (Å²) in [6, 6.07) is 19.5. The molecule has 29 heavy (non-hydrogen) atoms. The molecule has 0 unspecified atom stereocenters. The standard InChI is InChI=1S/C22H15FI2N2O2/c23-19-7-5-15(6-8-19)13-28-22-20(24)9-16(10-21(22)25)12-27-29-14-18-4-2-1-3-17(18)11-26/h1-10,12H,13-14H2/b27-12-. The van der Waals surface area contributed by atoms with Crippen molar-refractivity contribution in [2.75, 3.05) is 0 Å². The number of rotatable bonds is 7. The lowest BCUT2D eigenvalue weighted by Gasteiger charge is -2.11. The predicted octanol–water partition coefficient (Wildman–Crippen LogP) is 6.04. The summed E-state index contributed by atoms with van der Waals surface area (Å²) in [5, 5.41) is 13.1. The number of nitriles is 1. The van der Waals surface area contributed by atoms with Crippen LogP contribution >= 0.6 is 45.2 Å². The molecule has 146 valence electrons. The number of oxime groups is 1. The highest BCUT2D eigenvalue weighted by atomic mass is 127. The number of halogens is 3. The average Bonchev–Trinajstić information content (AvgIpc) is 2.72. The van der Waals surface area contributed by atoms with Crippen LogP contribution in [-0.2, 0) is 18.1 Å². The van der Waals surface area contributed by atoms with E-state index in [-0.39, 0.29) is 12.4 Å².